The van der Waals surface area contributed by atoms with Crippen molar-refractivity contribution in [2.75, 3.05) is 0 Å². The van der Waals surface area contributed by atoms with Gasteiger partial charge in [0.2, 0.25) is 0 Å². The monoisotopic (exact) mass is 299 g/mol. The van der Waals surface area contributed by atoms with Crippen molar-refractivity contribution in [3.63, 3.8) is 0 Å². The van der Waals surface area contributed by atoms with Gasteiger partial charge in [-0.2, -0.15) is 0 Å². The van der Waals surface area contributed by atoms with E-state index in [9.17, 15) is 10.1 Å². The molecule has 0 saturated heterocycles. The van der Waals surface area contributed by atoms with Crippen LogP contribution >= 0.6 is 0 Å². The predicted molar refractivity (Wildman–Crippen MR) is 88.7 cm³/mol. The highest BCUT2D eigenvalue weighted by Crippen LogP contribution is 2.26. The Hall–Kier alpha value is -1.69. The molecule has 0 fully saturated rings. The van der Waals surface area contributed by atoms with Crippen molar-refractivity contribution in [2.24, 2.45) is 0 Å². The van der Waals surface area contributed by atoms with E-state index in [1.165, 1.54) is 0 Å². The molecular weight excluding hydrogens is 277 g/mol. The lowest BCUT2D eigenvalue weighted by molar-refractivity contribution is -0.0983. The van der Waals surface area contributed by atoms with E-state index in [2.05, 4.69) is 4.98 Å². The summed E-state index contributed by atoms with van der Waals surface area (Å²) in [6, 6.07) is 13.4. The highest BCUT2D eigenvalue weighted by molar-refractivity contribution is 6.60. The molecule has 0 aliphatic heterocycles. The fourth-order valence-corrected chi connectivity index (χ4v) is 1.96. The zero-order valence-electron chi connectivity index (χ0n) is 13.4. The van der Waals surface area contributed by atoms with Gasteiger partial charge in [-0.1, -0.05) is 36.4 Å². The molecule has 2 rings (SSSR count). The fraction of sp³-hybridized carbons (Fsp3) is 0.353. The molecule has 0 aliphatic rings. The Morgan fingerprint density at radius 2 is 1.64 bits per heavy atom. The van der Waals surface area contributed by atoms with Gasteiger partial charge in [0, 0.05) is 6.20 Å². The Morgan fingerprint density at radius 1 is 1.00 bits per heavy atom. The standard InChI is InChI=1S/C17H22BNO3/c1-16(2,20)17(3,4)22-18(21)15-14(11-8-12-19-15)13-9-6-5-7-10-13/h5-12,20-21H,1-4H3. The number of rotatable bonds is 5. The van der Waals surface area contributed by atoms with Crippen LogP contribution in [-0.4, -0.2) is 33.4 Å². The van der Waals surface area contributed by atoms with Crippen LogP contribution in [0.3, 0.4) is 0 Å². The van der Waals surface area contributed by atoms with Crippen molar-refractivity contribution in [1.82, 2.24) is 4.98 Å². The highest BCUT2D eigenvalue weighted by Gasteiger charge is 2.40. The molecule has 116 valence electrons. The van der Waals surface area contributed by atoms with Gasteiger partial charge in [0.25, 0.3) is 0 Å². The van der Waals surface area contributed by atoms with Gasteiger partial charge < -0.3 is 14.8 Å². The molecule has 0 bridgehead atoms. The molecule has 1 aromatic carbocycles. The van der Waals surface area contributed by atoms with E-state index in [-0.39, 0.29) is 0 Å². The summed E-state index contributed by atoms with van der Waals surface area (Å²) >= 11 is 0. The molecule has 0 aliphatic carbocycles. The number of aromatic nitrogens is 1. The summed E-state index contributed by atoms with van der Waals surface area (Å²) in [6.07, 6.45) is 1.62. The second-order valence-electron chi connectivity index (χ2n) is 6.34. The average Bonchev–Trinajstić information content (AvgIpc) is 2.46. The molecule has 0 radical (unpaired) electrons. The first kappa shape index (κ1) is 16.7. The maximum atomic E-state index is 10.5. The molecule has 2 N–H and O–H groups in total. The van der Waals surface area contributed by atoms with E-state index in [0.29, 0.717) is 5.59 Å². The lowest BCUT2D eigenvalue weighted by atomic mass is 9.76. The van der Waals surface area contributed by atoms with E-state index in [4.69, 9.17) is 4.65 Å². The zero-order valence-corrected chi connectivity index (χ0v) is 13.4. The lowest BCUT2D eigenvalue weighted by Crippen LogP contribution is -2.53. The molecule has 2 aromatic rings. The van der Waals surface area contributed by atoms with Crippen LogP contribution in [0.2, 0.25) is 0 Å². The third-order valence-electron chi connectivity index (χ3n) is 4.04. The summed E-state index contributed by atoms with van der Waals surface area (Å²) in [5, 5.41) is 20.6. The minimum absolute atomic E-state index is 0.436. The third kappa shape index (κ3) is 3.55. The molecule has 22 heavy (non-hydrogen) atoms. The molecule has 0 amide bonds. The van der Waals surface area contributed by atoms with Gasteiger partial charge in [-0.25, -0.2) is 0 Å². The molecule has 5 heteroatoms. The number of hydrogen-bond donors (Lipinski definition) is 2. The maximum Gasteiger partial charge on any atom is 0.511 e. The summed E-state index contributed by atoms with van der Waals surface area (Å²) in [5.74, 6) is 0. The molecule has 0 unspecified atom stereocenters. The minimum Gasteiger partial charge on any atom is -0.422 e. The van der Waals surface area contributed by atoms with Crippen LogP contribution in [0.1, 0.15) is 27.7 Å². The maximum absolute atomic E-state index is 10.5. The van der Waals surface area contributed by atoms with Gasteiger partial charge in [0.1, 0.15) is 0 Å². The summed E-state index contributed by atoms with van der Waals surface area (Å²) in [4.78, 5) is 4.26. The Bertz CT molecular complexity index is 623. The summed E-state index contributed by atoms with van der Waals surface area (Å²) in [6.45, 7) is 6.77. The number of pyridine rings is 1. The minimum atomic E-state index is -1.22. The zero-order chi connectivity index (χ0) is 16.4. The van der Waals surface area contributed by atoms with Crippen molar-refractivity contribution in [3.05, 3.63) is 48.7 Å². The summed E-state index contributed by atoms with van der Waals surface area (Å²) in [7, 11) is -1.22. The highest BCUT2D eigenvalue weighted by atomic mass is 16.5. The van der Waals surface area contributed by atoms with Gasteiger partial charge in [-0.15, -0.1) is 0 Å². The quantitative estimate of drug-likeness (QED) is 0.829. The van der Waals surface area contributed by atoms with Crippen molar-refractivity contribution < 1.29 is 14.8 Å². The molecule has 4 nitrogen and oxygen atoms in total. The second kappa shape index (κ2) is 6.20. The van der Waals surface area contributed by atoms with Gasteiger partial charge in [-0.3, -0.25) is 4.98 Å². The summed E-state index contributed by atoms with van der Waals surface area (Å²) < 4.78 is 5.69. The Labute approximate surface area is 131 Å². The van der Waals surface area contributed by atoms with Crippen LogP contribution in [0.15, 0.2) is 48.7 Å². The first-order valence-corrected chi connectivity index (χ1v) is 7.31. The molecule has 0 atom stereocenters. The molecule has 0 spiro atoms. The number of benzene rings is 1. The van der Waals surface area contributed by atoms with Gasteiger partial charge >= 0.3 is 7.12 Å². The fourth-order valence-electron chi connectivity index (χ4n) is 1.96. The molecule has 0 saturated carbocycles. The summed E-state index contributed by atoms with van der Waals surface area (Å²) in [5.41, 5.74) is 0.163. The molecule has 1 heterocycles. The van der Waals surface area contributed by atoms with Gasteiger partial charge in [-0.05, 0) is 44.9 Å². The molecule has 1 aromatic heterocycles. The van der Waals surface area contributed by atoms with Crippen molar-refractivity contribution >= 4 is 12.7 Å². The number of hydrogen-bond acceptors (Lipinski definition) is 4. The number of nitrogens with zero attached hydrogens (tertiary/aromatic N) is 1. The largest absolute Gasteiger partial charge is 0.511 e. The van der Waals surface area contributed by atoms with Crippen LogP contribution < -0.4 is 5.59 Å². The van der Waals surface area contributed by atoms with Crippen LogP contribution in [-0.2, 0) is 4.65 Å². The number of aliphatic hydroxyl groups is 1. The van der Waals surface area contributed by atoms with Crippen LogP contribution in [0.4, 0.5) is 0 Å². The molecular formula is C17H22BNO3. The third-order valence-corrected chi connectivity index (χ3v) is 4.04. The SMILES string of the molecule is CC(C)(O)C(C)(C)OB(O)c1ncccc1-c1ccccc1. The van der Waals surface area contributed by atoms with Gasteiger partial charge in [0.15, 0.2) is 0 Å². The van der Waals surface area contributed by atoms with E-state index >= 15 is 0 Å². The smallest absolute Gasteiger partial charge is 0.422 e. The first-order chi connectivity index (χ1) is 10.2. The first-order valence-electron chi connectivity index (χ1n) is 7.31. The van der Waals surface area contributed by atoms with Crippen molar-refractivity contribution in [2.45, 2.75) is 38.9 Å². The second-order valence-corrected chi connectivity index (χ2v) is 6.34. The normalized spacial score (nSPS) is 12.3. The topological polar surface area (TPSA) is 62.6 Å². The predicted octanol–water partition coefficient (Wildman–Crippen LogP) is 2.00. The van der Waals surface area contributed by atoms with Crippen LogP contribution in [0.5, 0.6) is 0 Å². The Morgan fingerprint density at radius 3 is 2.23 bits per heavy atom. The Balaban J connectivity index is 2.34. The van der Waals surface area contributed by atoms with E-state index in [1.807, 2.05) is 42.5 Å². The van der Waals surface area contributed by atoms with Crippen LogP contribution in [0, 0.1) is 0 Å². The van der Waals surface area contributed by atoms with E-state index in [1.54, 1.807) is 33.9 Å². The van der Waals surface area contributed by atoms with Crippen molar-refractivity contribution in [1.29, 1.82) is 0 Å². The average molecular weight is 299 g/mol. The van der Waals surface area contributed by atoms with E-state index < -0.39 is 18.3 Å². The van der Waals surface area contributed by atoms with Crippen LogP contribution in [0.25, 0.3) is 11.1 Å². The lowest BCUT2D eigenvalue weighted by Gasteiger charge is -2.38. The Kier molecular flexibility index (Phi) is 4.70. The van der Waals surface area contributed by atoms with Gasteiger partial charge in [0.05, 0.1) is 16.8 Å². The van der Waals surface area contributed by atoms with Crippen molar-refractivity contribution in [3.8, 4) is 11.1 Å². The van der Waals surface area contributed by atoms with E-state index in [0.717, 1.165) is 11.1 Å².